The number of rotatable bonds is 10. The van der Waals surface area contributed by atoms with E-state index in [9.17, 15) is 26.4 Å². The highest BCUT2D eigenvalue weighted by Gasteiger charge is 2.37. The van der Waals surface area contributed by atoms with Crippen LogP contribution in [0.25, 0.3) is 11.3 Å². The molecule has 0 aliphatic heterocycles. The van der Waals surface area contributed by atoms with Crippen molar-refractivity contribution in [2.45, 2.75) is 89.7 Å². The number of carbonyl (C=O) groups excluding carboxylic acids is 1. The molecule has 0 radical (unpaired) electrons. The van der Waals surface area contributed by atoms with Crippen molar-refractivity contribution >= 4 is 33.2 Å². The number of hydrogen-bond acceptors (Lipinski definition) is 6. The minimum Gasteiger partial charge on any atom is -0.365 e. The predicted octanol–water partition coefficient (Wildman–Crippen LogP) is 5.66. The maximum atomic E-state index is 13.0. The molecule has 218 valence electrons. The lowest BCUT2D eigenvalue weighted by molar-refractivity contribution is -0.142. The van der Waals surface area contributed by atoms with Gasteiger partial charge in [0.25, 0.3) is 5.91 Å². The van der Waals surface area contributed by atoms with Crippen molar-refractivity contribution in [2.75, 3.05) is 18.1 Å². The maximum Gasteiger partial charge on any atom is 0.391 e. The molecule has 1 saturated carbocycles. The highest BCUT2D eigenvalue weighted by atomic mass is 35.5. The van der Waals surface area contributed by atoms with E-state index in [0.717, 1.165) is 5.56 Å². The topological polar surface area (TPSA) is 106 Å². The van der Waals surface area contributed by atoms with E-state index in [1.165, 1.54) is 20.1 Å². The van der Waals surface area contributed by atoms with Crippen molar-refractivity contribution in [1.82, 2.24) is 20.1 Å². The predicted molar refractivity (Wildman–Crippen MR) is 147 cm³/mol. The minimum absolute atomic E-state index is 0.0777. The molecular formula is C26H37ClF3N5O3S. The van der Waals surface area contributed by atoms with E-state index >= 15 is 0 Å². The molecule has 13 heteroatoms. The summed E-state index contributed by atoms with van der Waals surface area (Å²) in [6.07, 6.45) is 0.616. The third-order valence-corrected chi connectivity index (χ3v) is 9.13. The summed E-state index contributed by atoms with van der Waals surface area (Å²) in [7, 11) is -3.06. The number of amides is 1. The molecule has 0 unspecified atom stereocenters. The molecule has 0 atom stereocenters. The van der Waals surface area contributed by atoms with Crippen molar-refractivity contribution in [3.8, 4) is 11.3 Å². The van der Waals surface area contributed by atoms with Crippen LogP contribution < -0.4 is 10.6 Å². The highest BCUT2D eigenvalue weighted by molar-refractivity contribution is 7.91. The molecule has 1 aliphatic carbocycles. The number of aryl methyl sites for hydroxylation is 2. The first-order chi connectivity index (χ1) is 18.0. The molecule has 1 amide bonds. The molecule has 2 aromatic rings. The van der Waals surface area contributed by atoms with Crippen molar-refractivity contribution < 1.29 is 26.4 Å². The summed E-state index contributed by atoms with van der Waals surface area (Å²) in [6.45, 7) is 7.54. The molecule has 39 heavy (non-hydrogen) atoms. The lowest BCUT2D eigenvalue weighted by atomic mass is 9.89. The van der Waals surface area contributed by atoms with Gasteiger partial charge in [-0.25, -0.2) is 13.4 Å². The number of sulfone groups is 1. The lowest BCUT2D eigenvalue weighted by Crippen LogP contribution is -2.36. The van der Waals surface area contributed by atoms with Crippen LogP contribution in [0.2, 0.25) is 5.02 Å². The molecule has 8 nitrogen and oxygen atoms in total. The number of nitrogens with one attached hydrogen (secondary N) is 2. The number of alkyl halides is 3. The molecule has 2 heterocycles. The zero-order valence-corrected chi connectivity index (χ0v) is 24.5. The van der Waals surface area contributed by atoms with Gasteiger partial charge in [-0.3, -0.25) is 9.48 Å². The van der Waals surface area contributed by atoms with Crippen molar-refractivity contribution in [2.24, 2.45) is 5.92 Å². The van der Waals surface area contributed by atoms with Gasteiger partial charge in [-0.1, -0.05) is 18.5 Å². The highest BCUT2D eigenvalue weighted by Crippen LogP contribution is 2.35. The van der Waals surface area contributed by atoms with Gasteiger partial charge in [0.15, 0.2) is 5.69 Å². The standard InChI is InChI=1S/C26H37ClF3N5O3S/c1-6-17-12-20(33-25(3,4)15-26(28,29)30)31-14-19(17)23-21(27)22(34-35(23)7-2)24(36)32-13-16-8-10-18(11-9-16)39(5,37)38/h12,14,16,18H,6-11,13,15H2,1-5H3,(H,31,33)(H,32,36). The van der Waals surface area contributed by atoms with Crippen LogP contribution in [0.15, 0.2) is 12.3 Å². The maximum absolute atomic E-state index is 13.0. The van der Waals surface area contributed by atoms with E-state index in [4.69, 9.17) is 11.6 Å². The quantitative estimate of drug-likeness (QED) is 0.369. The SMILES string of the molecule is CCc1cc(NC(C)(C)CC(F)(F)F)ncc1-c1c(Cl)c(C(=O)NCC2CCC(S(C)(=O)=O)CC2)nn1CC. The Hall–Kier alpha value is -2.34. The Kier molecular flexibility index (Phi) is 9.63. The van der Waals surface area contributed by atoms with Gasteiger partial charge in [0.05, 0.1) is 22.4 Å². The van der Waals surface area contributed by atoms with Crippen LogP contribution in [-0.4, -0.2) is 58.9 Å². The minimum atomic E-state index is -4.32. The van der Waals surface area contributed by atoms with Gasteiger partial charge in [0, 0.05) is 36.6 Å². The molecule has 0 saturated heterocycles. The van der Waals surface area contributed by atoms with E-state index in [-0.39, 0.29) is 21.9 Å². The Morgan fingerprint density at radius 1 is 1.18 bits per heavy atom. The van der Waals surface area contributed by atoms with Crippen molar-refractivity contribution in [3.63, 3.8) is 0 Å². The summed E-state index contributed by atoms with van der Waals surface area (Å²) in [5.74, 6) is 0.0694. The Morgan fingerprint density at radius 2 is 1.82 bits per heavy atom. The number of carbonyl (C=O) groups is 1. The monoisotopic (exact) mass is 591 g/mol. The van der Waals surface area contributed by atoms with E-state index in [2.05, 4.69) is 20.7 Å². The molecule has 3 rings (SSSR count). The van der Waals surface area contributed by atoms with Crippen molar-refractivity contribution in [3.05, 3.63) is 28.5 Å². The summed E-state index contributed by atoms with van der Waals surface area (Å²) in [6, 6.07) is 1.70. The van der Waals surface area contributed by atoms with Crippen LogP contribution in [0, 0.1) is 5.92 Å². The second kappa shape index (κ2) is 12.0. The summed E-state index contributed by atoms with van der Waals surface area (Å²) < 4.78 is 64.1. The molecule has 0 aromatic carbocycles. The first kappa shape index (κ1) is 31.2. The number of nitrogens with zero attached hydrogens (tertiary/aromatic N) is 3. The normalized spacial score (nSPS) is 18.7. The van der Waals surface area contributed by atoms with Crippen molar-refractivity contribution in [1.29, 1.82) is 0 Å². The molecule has 1 aliphatic rings. The Bertz CT molecular complexity index is 1290. The van der Waals surface area contributed by atoms with E-state index in [0.29, 0.717) is 62.3 Å². The number of halogens is 4. The number of pyridine rings is 1. The number of aromatic nitrogens is 3. The average molecular weight is 592 g/mol. The van der Waals surface area contributed by atoms with Crippen LogP contribution in [-0.2, 0) is 22.8 Å². The second-order valence-corrected chi connectivity index (χ2v) is 13.6. The molecular weight excluding hydrogens is 555 g/mol. The molecule has 1 fully saturated rings. The van der Waals surface area contributed by atoms with Gasteiger partial charge >= 0.3 is 6.18 Å². The first-order valence-electron chi connectivity index (χ1n) is 13.1. The summed E-state index contributed by atoms with van der Waals surface area (Å²) in [4.78, 5) is 17.4. The summed E-state index contributed by atoms with van der Waals surface area (Å²) in [5, 5.41) is 10.1. The van der Waals surface area contributed by atoms with Gasteiger partial charge in [0.2, 0.25) is 0 Å². The number of hydrogen-bond donors (Lipinski definition) is 2. The van der Waals surface area contributed by atoms with Crippen LogP contribution in [0.4, 0.5) is 19.0 Å². The molecule has 2 N–H and O–H groups in total. The first-order valence-corrected chi connectivity index (χ1v) is 15.5. The zero-order valence-electron chi connectivity index (χ0n) is 23.0. The lowest BCUT2D eigenvalue weighted by Gasteiger charge is -2.28. The smallest absolute Gasteiger partial charge is 0.365 e. The number of anilines is 1. The fraction of sp³-hybridized carbons (Fsp3) is 0.654. The fourth-order valence-corrected chi connectivity index (χ4v) is 6.57. The summed E-state index contributed by atoms with van der Waals surface area (Å²) >= 11 is 6.70. The molecule has 2 aromatic heterocycles. The Labute approximate surface area is 233 Å². The third-order valence-electron chi connectivity index (χ3n) is 7.09. The van der Waals surface area contributed by atoms with Gasteiger partial charge in [0.1, 0.15) is 15.7 Å². The van der Waals surface area contributed by atoms with Gasteiger partial charge in [-0.2, -0.15) is 18.3 Å². The molecule has 0 bridgehead atoms. The Morgan fingerprint density at radius 3 is 2.36 bits per heavy atom. The van der Waals surface area contributed by atoms with Crippen LogP contribution in [0.3, 0.4) is 0 Å². The van der Waals surface area contributed by atoms with Gasteiger partial charge < -0.3 is 10.6 Å². The van der Waals surface area contributed by atoms with Gasteiger partial charge in [-0.05, 0) is 70.4 Å². The van der Waals surface area contributed by atoms with E-state index < -0.39 is 33.9 Å². The second-order valence-electron chi connectivity index (χ2n) is 10.9. The van der Waals surface area contributed by atoms with Crippen LogP contribution >= 0.6 is 11.6 Å². The largest absolute Gasteiger partial charge is 0.391 e. The van der Waals surface area contributed by atoms with Crippen LogP contribution in [0.5, 0.6) is 0 Å². The average Bonchev–Trinajstić information content (AvgIpc) is 3.16. The third kappa shape index (κ3) is 8.09. The fourth-order valence-electron chi connectivity index (χ4n) is 5.12. The van der Waals surface area contributed by atoms with E-state index in [1.807, 2.05) is 13.8 Å². The Balaban J connectivity index is 1.78. The summed E-state index contributed by atoms with van der Waals surface area (Å²) in [5.41, 5.74) is 0.781. The van der Waals surface area contributed by atoms with Gasteiger partial charge in [-0.15, -0.1) is 0 Å². The zero-order chi connectivity index (χ0) is 29.2. The molecule has 0 spiro atoms. The van der Waals surface area contributed by atoms with E-state index in [1.54, 1.807) is 16.9 Å². The van der Waals surface area contributed by atoms with Crippen LogP contribution in [0.1, 0.15) is 75.9 Å².